The zero-order chi connectivity index (χ0) is 17.0. The molecule has 0 radical (unpaired) electrons. The lowest BCUT2D eigenvalue weighted by atomic mass is 9.65. The van der Waals surface area contributed by atoms with Crippen LogP contribution in [0.1, 0.15) is 62.4 Å². The maximum Gasteiger partial charge on any atom is 0.256 e. The van der Waals surface area contributed by atoms with Crippen molar-refractivity contribution in [2.45, 2.75) is 57.8 Å². The van der Waals surface area contributed by atoms with Gasteiger partial charge in [-0.25, -0.2) is 0 Å². The summed E-state index contributed by atoms with van der Waals surface area (Å²) >= 11 is 0. The van der Waals surface area contributed by atoms with E-state index in [4.69, 9.17) is 0 Å². The molecule has 126 valence electrons. The van der Waals surface area contributed by atoms with Gasteiger partial charge in [-0.2, -0.15) is 0 Å². The van der Waals surface area contributed by atoms with Crippen LogP contribution in [0, 0.1) is 11.3 Å². The second-order valence-electron chi connectivity index (χ2n) is 8.25. The fourth-order valence-electron chi connectivity index (χ4n) is 4.35. The number of hydrogen-bond donors (Lipinski definition) is 2. The van der Waals surface area contributed by atoms with Crippen molar-refractivity contribution >= 4 is 5.91 Å². The van der Waals surface area contributed by atoms with Crippen LogP contribution in [0.4, 0.5) is 0 Å². The van der Waals surface area contributed by atoms with Crippen molar-refractivity contribution in [3.8, 4) is 0 Å². The first-order valence-corrected chi connectivity index (χ1v) is 8.44. The summed E-state index contributed by atoms with van der Waals surface area (Å²) in [4.78, 5) is 13.8. The predicted octanol–water partition coefficient (Wildman–Crippen LogP) is 2.88. The number of benzene rings is 1. The van der Waals surface area contributed by atoms with Crippen molar-refractivity contribution in [2.75, 3.05) is 7.05 Å². The summed E-state index contributed by atoms with van der Waals surface area (Å²) in [6.45, 7) is 6.66. The van der Waals surface area contributed by atoms with Crippen molar-refractivity contribution in [3.63, 3.8) is 0 Å². The van der Waals surface area contributed by atoms with Crippen LogP contribution in [-0.2, 0) is 5.72 Å². The quantitative estimate of drug-likeness (QED) is 0.837. The van der Waals surface area contributed by atoms with Gasteiger partial charge in [-0.3, -0.25) is 4.79 Å². The lowest BCUT2D eigenvalue weighted by molar-refractivity contribution is -0.233. The third-order valence-corrected chi connectivity index (χ3v) is 6.01. The Labute approximate surface area is 138 Å². The molecule has 0 spiro atoms. The van der Waals surface area contributed by atoms with Gasteiger partial charge in [0.15, 0.2) is 5.72 Å². The molecule has 1 atom stereocenters. The number of fused-ring (bicyclic) bond motifs is 1. The van der Waals surface area contributed by atoms with Crippen LogP contribution in [0.5, 0.6) is 0 Å². The van der Waals surface area contributed by atoms with Crippen LogP contribution < -0.4 is 0 Å². The Morgan fingerprint density at radius 2 is 1.70 bits per heavy atom. The Bertz CT molecular complexity index is 626. The van der Waals surface area contributed by atoms with Gasteiger partial charge in [0.2, 0.25) is 0 Å². The summed E-state index contributed by atoms with van der Waals surface area (Å²) in [5.74, 6) is 0.290. The van der Waals surface area contributed by atoms with E-state index in [9.17, 15) is 15.0 Å². The fourth-order valence-corrected chi connectivity index (χ4v) is 4.35. The standard InChI is InChI=1S/C19H27NO3/c1-17(2,3)13-9-11-18(22,12-10-13)19(23)15-8-6-5-7-14(15)16(21)20(19)4/h5-8,13,22-23H,9-12H2,1-4H3. The second kappa shape index (κ2) is 5.05. The molecule has 0 saturated heterocycles. The number of rotatable bonds is 1. The average molecular weight is 317 g/mol. The normalized spacial score (nSPS) is 34.6. The lowest BCUT2D eigenvalue weighted by Crippen LogP contribution is -2.60. The summed E-state index contributed by atoms with van der Waals surface area (Å²) in [7, 11) is 1.58. The molecule has 1 aliphatic carbocycles. The van der Waals surface area contributed by atoms with Gasteiger partial charge in [0, 0.05) is 18.2 Å². The monoisotopic (exact) mass is 317 g/mol. The van der Waals surface area contributed by atoms with E-state index in [1.807, 2.05) is 0 Å². The third-order valence-electron chi connectivity index (χ3n) is 6.01. The molecule has 4 nitrogen and oxygen atoms in total. The van der Waals surface area contributed by atoms with Crippen molar-refractivity contribution in [2.24, 2.45) is 11.3 Å². The Kier molecular flexibility index (Phi) is 3.62. The molecule has 1 fully saturated rings. The molecule has 0 bridgehead atoms. The average Bonchev–Trinajstić information content (AvgIpc) is 2.70. The molecular weight excluding hydrogens is 290 g/mol. The lowest BCUT2D eigenvalue weighted by Gasteiger charge is -2.50. The van der Waals surface area contributed by atoms with Crippen molar-refractivity contribution in [1.29, 1.82) is 0 Å². The molecule has 1 aromatic carbocycles. The molecule has 1 heterocycles. The van der Waals surface area contributed by atoms with Crippen LogP contribution in [-0.4, -0.2) is 33.7 Å². The number of aliphatic hydroxyl groups is 2. The molecule has 1 amide bonds. The molecule has 1 aliphatic heterocycles. The van der Waals surface area contributed by atoms with Gasteiger partial charge in [-0.15, -0.1) is 0 Å². The third kappa shape index (κ3) is 2.23. The summed E-state index contributed by atoms with van der Waals surface area (Å²) in [6.07, 6.45) is 2.70. The molecule has 1 saturated carbocycles. The molecule has 3 rings (SSSR count). The number of carbonyl (C=O) groups excluding carboxylic acids is 1. The smallest absolute Gasteiger partial charge is 0.256 e. The Balaban J connectivity index is 1.96. The summed E-state index contributed by atoms with van der Waals surface area (Å²) < 4.78 is 0. The minimum Gasteiger partial charge on any atom is -0.384 e. The van der Waals surface area contributed by atoms with E-state index in [1.54, 1.807) is 31.3 Å². The zero-order valence-electron chi connectivity index (χ0n) is 14.5. The van der Waals surface area contributed by atoms with Crippen molar-refractivity contribution in [1.82, 2.24) is 4.90 Å². The molecule has 1 aromatic rings. The van der Waals surface area contributed by atoms with Gasteiger partial charge in [0.25, 0.3) is 5.91 Å². The summed E-state index contributed by atoms with van der Waals surface area (Å²) in [6, 6.07) is 7.07. The van der Waals surface area contributed by atoms with Crippen LogP contribution in [0.25, 0.3) is 0 Å². The molecular formula is C19H27NO3. The van der Waals surface area contributed by atoms with E-state index >= 15 is 0 Å². The van der Waals surface area contributed by atoms with Gasteiger partial charge >= 0.3 is 0 Å². The van der Waals surface area contributed by atoms with Crippen LogP contribution in [0.2, 0.25) is 0 Å². The van der Waals surface area contributed by atoms with E-state index in [0.29, 0.717) is 29.9 Å². The Morgan fingerprint density at radius 3 is 2.26 bits per heavy atom. The molecule has 0 aromatic heterocycles. The van der Waals surface area contributed by atoms with Gasteiger partial charge in [-0.1, -0.05) is 39.0 Å². The SMILES string of the molecule is CN1C(=O)c2ccccc2C1(O)C1(O)CCC(C(C)(C)C)CC1. The van der Waals surface area contributed by atoms with Gasteiger partial charge < -0.3 is 15.1 Å². The molecule has 2 aliphatic rings. The van der Waals surface area contributed by atoms with Gasteiger partial charge in [-0.05, 0) is 43.1 Å². The predicted molar refractivity (Wildman–Crippen MR) is 88.8 cm³/mol. The van der Waals surface area contributed by atoms with Crippen LogP contribution in [0.15, 0.2) is 24.3 Å². The highest BCUT2D eigenvalue weighted by atomic mass is 16.4. The summed E-state index contributed by atoms with van der Waals surface area (Å²) in [5, 5.41) is 22.7. The highest BCUT2D eigenvalue weighted by molar-refractivity contribution is 5.99. The molecule has 4 heteroatoms. The van der Waals surface area contributed by atoms with E-state index in [-0.39, 0.29) is 11.3 Å². The zero-order valence-corrected chi connectivity index (χ0v) is 14.5. The van der Waals surface area contributed by atoms with Crippen LogP contribution in [0.3, 0.4) is 0 Å². The molecule has 1 unspecified atom stereocenters. The first-order valence-electron chi connectivity index (χ1n) is 8.44. The first kappa shape index (κ1) is 16.5. The van der Waals surface area contributed by atoms with Crippen molar-refractivity contribution < 1.29 is 15.0 Å². The summed E-state index contributed by atoms with van der Waals surface area (Å²) in [5.41, 5.74) is -1.72. The second-order valence-corrected chi connectivity index (χ2v) is 8.25. The largest absolute Gasteiger partial charge is 0.384 e. The topological polar surface area (TPSA) is 60.8 Å². The van der Waals surface area contributed by atoms with E-state index < -0.39 is 11.3 Å². The number of amides is 1. The maximum atomic E-state index is 12.5. The molecule has 2 N–H and O–H groups in total. The van der Waals surface area contributed by atoms with Crippen LogP contribution >= 0.6 is 0 Å². The highest BCUT2D eigenvalue weighted by Crippen LogP contribution is 2.52. The molecule has 23 heavy (non-hydrogen) atoms. The number of carbonyl (C=O) groups is 1. The first-order chi connectivity index (χ1) is 10.6. The highest BCUT2D eigenvalue weighted by Gasteiger charge is 2.60. The fraction of sp³-hybridized carbons (Fsp3) is 0.632. The minimum absolute atomic E-state index is 0.194. The van der Waals surface area contributed by atoms with E-state index in [2.05, 4.69) is 20.8 Å². The minimum atomic E-state index is -1.64. The van der Waals surface area contributed by atoms with E-state index in [1.165, 1.54) is 4.90 Å². The number of hydrogen-bond acceptors (Lipinski definition) is 3. The van der Waals surface area contributed by atoms with Gasteiger partial charge in [0.1, 0.15) is 5.60 Å². The number of nitrogens with zero attached hydrogens (tertiary/aromatic N) is 1. The van der Waals surface area contributed by atoms with Gasteiger partial charge in [0.05, 0.1) is 0 Å². The Hall–Kier alpha value is -1.39. The Morgan fingerprint density at radius 1 is 1.13 bits per heavy atom. The van der Waals surface area contributed by atoms with E-state index in [0.717, 1.165) is 12.8 Å². The maximum absolute atomic E-state index is 12.5. The van der Waals surface area contributed by atoms with Crippen molar-refractivity contribution in [3.05, 3.63) is 35.4 Å². The number of likely N-dealkylation sites (N-methyl/N-ethyl adjacent to an activating group) is 1.